The molecular formula is C24H30N6. The lowest BCUT2D eigenvalue weighted by molar-refractivity contribution is 0.508. The highest BCUT2D eigenvalue weighted by Gasteiger charge is 2.16. The SMILES string of the molecule is CCNC(=NCc1nnc2n1CCCC2)NCC(c1ccccc1)c1ccccc1. The van der Waals surface area contributed by atoms with Crippen LogP contribution in [0.1, 0.15) is 48.5 Å². The first-order chi connectivity index (χ1) is 14.8. The third kappa shape index (κ3) is 4.87. The zero-order valence-corrected chi connectivity index (χ0v) is 17.6. The minimum Gasteiger partial charge on any atom is -0.357 e. The first-order valence-electron chi connectivity index (χ1n) is 10.9. The molecule has 0 radical (unpaired) electrons. The van der Waals surface area contributed by atoms with Crippen molar-refractivity contribution in [3.05, 3.63) is 83.4 Å². The first-order valence-corrected chi connectivity index (χ1v) is 10.9. The number of benzene rings is 2. The van der Waals surface area contributed by atoms with Crippen molar-refractivity contribution in [2.75, 3.05) is 13.1 Å². The van der Waals surface area contributed by atoms with E-state index in [0.29, 0.717) is 6.54 Å². The van der Waals surface area contributed by atoms with E-state index in [-0.39, 0.29) is 5.92 Å². The van der Waals surface area contributed by atoms with Crippen molar-refractivity contribution in [3.8, 4) is 0 Å². The summed E-state index contributed by atoms with van der Waals surface area (Å²) >= 11 is 0. The quantitative estimate of drug-likeness (QED) is 0.469. The van der Waals surface area contributed by atoms with Gasteiger partial charge < -0.3 is 15.2 Å². The molecule has 0 atom stereocenters. The largest absolute Gasteiger partial charge is 0.357 e. The van der Waals surface area contributed by atoms with Crippen molar-refractivity contribution < 1.29 is 0 Å². The average molecular weight is 403 g/mol. The third-order valence-electron chi connectivity index (χ3n) is 5.54. The Labute approximate surface area is 178 Å². The highest BCUT2D eigenvalue weighted by molar-refractivity contribution is 5.79. The van der Waals surface area contributed by atoms with E-state index >= 15 is 0 Å². The molecule has 0 spiro atoms. The first kappa shape index (κ1) is 20.1. The van der Waals surface area contributed by atoms with Gasteiger partial charge in [-0.1, -0.05) is 60.7 Å². The number of aromatic nitrogens is 3. The molecule has 0 saturated carbocycles. The van der Waals surface area contributed by atoms with Crippen molar-refractivity contribution >= 4 is 5.96 Å². The fraction of sp³-hybridized carbons (Fsp3) is 0.375. The Morgan fingerprint density at radius 3 is 2.33 bits per heavy atom. The van der Waals surface area contributed by atoms with Gasteiger partial charge in [0.15, 0.2) is 11.8 Å². The molecule has 30 heavy (non-hydrogen) atoms. The monoisotopic (exact) mass is 402 g/mol. The van der Waals surface area contributed by atoms with E-state index in [4.69, 9.17) is 4.99 Å². The highest BCUT2D eigenvalue weighted by Crippen LogP contribution is 2.23. The number of hydrogen-bond acceptors (Lipinski definition) is 3. The van der Waals surface area contributed by atoms with Gasteiger partial charge in [-0.2, -0.15) is 0 Å². The van der Waals surface area contributed by atoms with Crippen LogP contribution < -0.4 is 10.6 Å². The maximum atomic E-state index is 4.79. The Hall–Kier alpha value is -3.15. The molecule has 0 amide bonds. The summed E-state index contributed by atoms with van der Waals surface area (Å²) in [5.74, 6) is 3.10. The van der Waals surface area contributed by atoms with Crippen molar-refractivity contribution in [2.24, 2.45) is 4.99 Å². The van der Waals surface area contributed by atoms with E-state index in [1.54, 1.807) is 0 Å². The normalized spacial score (nSPS) is 13.9. The van der Waals surface area contributed by atoms with Gasteiger partial charge in [-0.3, -0.25) is 0 Å². The van der Waals surface area contributed by atoms with Crippen LogP contribution in [0, 0.1) is 0 Å². The Kier molecular flexibility index (Phi) is 6.75. The number of guanidine groups is 1. The minimum atomic E-state index is 0.247. The molecular weight excluding hydrogens is 372 g/mol. The van der Waals surface area contributed by atoms with Crippen LogP contribution >= 0.6 is 0 Å². The van der Waals surface area contributed by atoms with E-state index in [0.717, 1.165) is 43.7 Å². The van der Waals surface area contributed by atoms with Crippen LogP contribution in [0.15, 0.2) is 65.7 Å². The minimum absolute atomic E-state index is 0.247. The van der Waals surface area contributed by atoms with E-state index in [9.17, 15) is 0 Å². The molecule has 2 N–H and O–H groups in total. The summed E-state index contributed by atoms with van der Waals surface area (Å²) in [6, 6.07) is 21.2. The van der Waals surface area contributed by atoms with Gasteiger partial charge in [0.25, 0.3) is 0 Å². The number of rotatable bonds is 7. The molecule has 1 aliphatic heterocycles. The summed E-state index contributed by atoms with van der Waals surface area (Å²) in [4.78, 5) is 4.79. The molecule has 0 unspecified atom stereocenters. The average Bonchev–Trinajstić information content (AvgIpc) is 3.22. The number of fused-ring (bicyclic) bond motifs is 1. The van der Waals surface area contributed by atoms with Crippen molar-refractivity contribution in [3.63, 3.8) is 0 Å². The summed E-state index contributed by atoms with van der Waals surface area (Å²) in [6.07, 6.45) is 3.41. The number of aliphatic imine (C=N–C) groups is 1. The molecule has 1 aromatic heterocycles. The van der Waals surface area contributed by atoms with Crippen LogP contribution in [0.3, 0.4) is 0 Å². The number of nitrogens with zero attached hydrogens (tertiary/aromatic N) is 4. The molecule has 3 aromatic rings. The fourth-order valence-electron chi connectivity index (χ4n) is 3.97. The zero-order chi connectivity index (χ0) is 20.6. The number of hydrogen-bond donors (Lipinski definition) is 2. The van der Waals surface area contributed by atoms with E-state index < -0.39 is 0 Å². The molecule has 6 heteroatoms. The zero-order valence-electron chi connectivity index (χ0n) is 17.6. The predicted octanol–water partition coefficient (Wildman–Crippen LogP) is 3.50. The molecule has 2 aromatic carbocycles. The van der Waals surface area contributed by atoms with Gasteiger partial charge in [-0.15, -0.1) is 10.2 Å². The van der Waals surface area contributed by atoms with Gasteiger partial charge in [0.2, 0.25) is 0 Å². The Bertz CT molecular complexity index is 909. The van der Waals surface area contributed by atoms with Crippen LogP contribution in [-0.4, -0.2) is 33.8 Å². The fourth-order valence-corrected chi connectivity index (χ4v) is 3.97. The smallest absolute Gasteiger partial charge is 0.191 e. The second kappa shape index (κ2) is 10.1. The molecule has 0 saturated heterocycles. The molecule has 1 aliphatic rings. The lowest BCUT2D eigenvalue weighted by Gasteiger charge is -2.20. The van der Waals surface area contributed by atoms with E-state index in [1.165, 1.54) is 24.0 Å². The van der Waals surface area contributed by atoms with Gasteiger partial charge >= 0.3 is 0 Å². The summed E-state index contributed by atoms with van der Waals surface area (Å²) in [5, 5.41) is 15.6. The Balaban J connectivity index is 1.49. The maximum absolute atomic E-state index is 4.79. The summed E-state index contributed by atoms with van der Waals surface area (Å²) in [7, 11) is 0. The van der Waals surface area contributed by atoms with Gasteiger partial charge in [0.05, 0.1) is 0 Å². The summed E-state index contributed by atoms with van der Waals surface area (Å²) < 4.78 is 2.23. The molecule has 0 bridgehead atoms. The predicted molar refractivity (Wildman–Crippen MR) is 121 cm³/mol. The summed E-state index contributed by atoms with van der Waals surface area (Å²) in [6.45, 7) is 5.19. The summed E-state index contributed by atoms with van der Waals surface area (Å²) in [5.41, 5.74) is 2.58. The highest BCUT2D eigenvalue weighted by atomic mass is 15.3. The van der Waals surface area contributed by atoms with Crippen molar-refractivity contribution in [1.29, 1.82) is 0 Å². The van der Waals surface area contributed by atoms with Crippen LogP contribution in [0.2, 0.25) is 0 Å². The van der Waals surface area contributed by atoms with Crippen molar-refractivity contribution in [2.45, 2.75) is 45.2 Å². The van der Waals surface area contributed by atoms with E-state index in [2.05, 4.69) is 93.0 Å². The topological polar surface area (TPSA) is 67.1 Å². The number of nitrogens with one attached hydrogen (secondary N) is 2. The third-order valence-corrected chi connectivity index (χ3v) is 5.54. The molecule has 2 heterocycles. The molecule has 0 fully saturated rings. The van der Waals surface area contributed by atoms with Gasteiger partial charge in [-0.05, 0) is 30.9 Å². The van der Waals surface area contributed by atoms with Crippen LogP contribution in [0.5, 0.6) is 0 Å². The van der Waals surface area contributed by atoms with Crippen LogP contribution in [-0.2, 0) is 19.5 Å². The number of aryl methyl sites for hydroxylation is 1. The van der Waals surface area contributed by atoms with Crippen molar-refractivity contribution in [1.82, 2.24) is 25.4 Å². The molecule has 156 valence electrons. The maximum Gasteiger partial charge on any atom is 0.191 e. The second-order valence-electron chi connectivity index (χ2n) is 7.59. The van der Waals surface area contributed by atoms with Crippen LogP contribution in [0.4, 0.5) is 0 Å². The van der Waals surface area contributed by atoms with Gasteiger partial charge in [0, 0.05) is 32.0 Å². The molecule has 0 aliphatic carbocycles. The standard InChI is InChI=1S/C24H30N6/c1-2-25-24(27-18-23-29-28-22-15-9-10-16-30(22)23)26-17-21(19-11-5-3-6-12-19)20-13-7-4-8-14-20/h3-8,11-14,21H,2,9-10,15-18H2,1H3,(H2,25,26,27). The van der Waals surface area contributed by atoms with Gasteiger partial charge in [-0.25, -0.2) is 4.99 Å². The Morgan fingerprint density at radius 2 is 1.67 bits per heavy atom. The molecule has 4 rings (SSSR count). The lowest BCUT2D eigenvalue weighted by atomic mass is 9.91. The lowest BCUT2D eigenvalue weighted by Crippen LogP contribution is -2.39. The van der Waals surface area contributed by atoms with Crippen LogP contribution in [0.25, 0.3) is 0 Å². The van der Waals surface area contributed by atoms with Gasteiger partial charge in [0.1, 0.15) is 12.4 Å². The van der Waals surface area contributed by atoms with E-state index in [1.807, 2.05) is 0 Å². The molecule has 6 nitrogen and oxygen atoms in total. The Morgan fingerprint density at radius 1 is 0.967 bits per heavy atom. The second-order valence-corrected chi connectivity index (χ2v) is 7.59.